The van der Waals surface area contributed by atoms with Crippen molar-refractivity contribution in [3.8, 4) is 28.8 Å². The van der Waals surface area contributed by atoms with Crippen LogP contribution in [0.15, 0.2) is 54.7 Å². The molecule has 0 aliphatic carbocycles. The lowest BCUT2D eigenvalue weighted by atomic mass is 9.91. The molecule has 5 aromatic rings. The molecule has 15 nitrogen and oxygen atoms in total. The van der Waals surface area contributed by atoms with Crippen molar-refractivity contribution in [1.29, 1.82) is 0 Å². The van der Waals surface area contributed by atoms with Crippen LogP contribution < -0.4 is 24.4 Å². The van der Waals surface area contributed by atoms with Crippen LogP contribution in [0.4, 0.5) is 34.3 Å². The number of hydrogen-bond acceptors (Lipinski definition) is 13. The van der Waals surface area contributed by atoms with Crippen molar-refractivity contribution in [2.75, 3.05) is 44.3 Å². The number of amides is 1. The highest BCUT2D eigenvalue weighted by molar-refractivity contribution is 6.02. The Kier molecular flexibility index (Phi) is 10.0. The first kappa shape index (κ1) is 39.2. The van der Waals surface area contributed by atoms with Crippen molar-refractivity contribution >= 4 is 45.4 Å². The molecular weight excluding hydrogens is 787 g/mol. The molecule has 3 saturated heterocycles. The van der Waals surface area contributed by atoms with Crippen molar-refractivity contribution in [3.63, 3.8) is 0 Å². The van der Waals surface area contributed by atoms with E-state index in [2.05, 4.69) is 20.2 Å². The molecule has 312 valence electrons. The highest BCUT2D eigenvalue weighted by atomic mass is 19.1. The molecule has 3 atom stereocenters. The molecule has 0 unspecified atom stereocenters. The van der Waals surface area contributed by atoms with E-state index in [4.69, 9.17) is 23.9 Å². The largest absolute Gasteiger partial charge is 0.519 e. The van der Waals surface area contributed by atoms with Gasteiger partial charge in [-0.3, -0.25) is 20.0 Å². The number of carbonyl (C=O) groups is 2. The Morgan fingerprint density at radius 2 is 1.85 bits per heavy atom. The average Bonchev–Trinajstić information content (AvgIpc) is 3.74. The molecule has 60 heavy (non-hydrogen) atoms. The summed E-state index contributed by atoms with van der Waals surface area (Å²) in [6, 6.07) is 10.2. The number of rotatable bonds is 6. The zero-order valence-corrected chi connectivity index (χ0v) is 32.5. The van der Waals surface area contributed by atoms with Crippen molar-refractivity contribution in [2.45, 2.75) is 69.1 Å². The number of nitro groups is 1. The number of alkyl carbamates (subject to hydrolysis) is 1. The predicted molar refractivity (Wildman–Crippen MR) is 211 cm³/mol. The smallest absolute Gasteiger partial charge is 0.461 e. The number of nitro benzene ring substituents is 1. The van der Waals surface area contributed by atoms with Crippen LogP contribution in [-0.2, 0) is 11.2 Å². The van der Waals surface area contributed by atoms with Gasteiger partial charge in [-0.25, -0.2) is 22.8 Å². The number of non-ortho nitro benzene ring substituents is 1. The van der Waals surface area contributed by atoms with Gasteiger partial charge in [0.15, 0.2) is 5.82 Å². The number of ether oxygens (including phenoxy) is 4. The normalized spacial score (nSPS) is 23.0. The first-order chi connectivity index (χ1) is 28.9. The van der Waals surface area contributed by atoms with Crippen LogP contribution in [0.3, 0.4) is 0 Å². The predicted octanol–water partition coefficient (Wildman–Crippen LogP) is 7.60. The van der Waals surface area contributed by atoms with Gasteiger partial charge in [0.2, 0.25) is 0 Å². The summed E-state index contributed by atoms with van der Waals surface area (Å²) in [5.41, 5.74) is -1.64. The van der Waals surface area contributed by atoms with E-state index in [-0.39, 0.29) is 88.9 Å². The van der Waals surface area contributed by atoms with Crippen LogP contribution in [0.5, 0.6) is 17.5 Å². The zero-order valence-electron chi connectivity index (χ0n) is 32.5. The van der Waals surface area contributed by atoms with Crippen molar-refractivity contribution in [2.24, 2.45) is 0 Å². The minimum absolute atomic E-state index is 0.0294. The molecule has 3 fully saturated rings. The molecule has 0 spiro atoms. The summed E-state index contributed by atoms with van der Waals surface area (Å²) in [6.07, 6.45) is 2.09. The van der Waals surface area contributed by atoms with Crippen LogP contribution in [-0.4, -0.2) is 93.7 Å². The van der Waals surface area contributed by atoms with E-state index in [1.165, 1.54) is 42.6 Å². The molecule has 5 aliphatic rings. The van der Waals surface area contributed by atoms with E-state index in [1.54, 1.807) is 0 Å². The Balaban J connectivity index is 1.17. The van der Waals surface area contributed by atoms with E-state index >= 15 is 8.78 Å². The van der Waals surface area contributed by atoms with E-state index in [1.807, 2.05) is 11.8 Å². The summed E-state index contributed by atoms with van der Waals surface area (Å²) < 4.78 is 70.8. The van der Waals surface area contributed by atoms with Gasteiger partial charge in [0.05, 0.1) is 28.0 Å². The number of halogens is 3. The van der Waals surface area contributed by atoms with Gasteiger partial charge in [-0.15, -0.1) is 0 Å². The minimum Gasteiger partial charge on any atom is -0.461 e. The van der Waals surface area contributed by atoms with Crippen molar-refractivity contribution in [1.82, 2.24) is 25.2 Å². The lowest BCUT2D eigenvalue weighted by Crippen LogP contribution is -2.57. The minimum atomic E-state index is -1.20. The molecule has 10 rings (SSSR count). The number of nitrogens with one attached hydrogen (secondary N) is 1. The van der Waals surface area contributed by atoms with Gasteiger partial charge in [0, 0.05) is 49.9 Å². The van der Waals surface area contributed by atoms with Crippen LogP contribution in [0.1, 0.15) is 51.0 Å². The summed E-state index contributed by atoms with van der Waals surface area (Å²) in [6.45, 7) is 3.78. The quantitative estimate of drug-likeness (QED) is 0.0769. The monoisotopic (exact) mass is 827 g/mol. The molecule has 1 N–H and O–H groups in total. The summed E-state index contributed by atoms with van der Waals surface area (Å²) in [7, 11) is 0. The Hall–Kier alpha value is -6.30. The fourth-order valence-electron chi connectivity index (χ4n) is 9.21. The molecule has 18 heteroatoms. The Morgan fingerprint density at radius 3 is 2.67 bits per heavy atom. The van der Waals surface area contributed by atoms with Crippen LogP contribution in [0, 0.1) is 21.7 Å². The molecule has 7 heterocycles. The summed E-state index contributed by atoms with van der Waals surface area (Å²) in [5.74, 6) is -1.29. The van der Waals surface area contributed by atoms with Gasteiger partial charge in [-0.1, -0.05) is 6.07 Å². The second-order valence-electron chi connectivity index (χ2n) is 16.1. The summed E-state index contributed by atoms with van der Waals surface area (Å²) >= 11 is 0. The van der Waals surface area contributed by atoms with Gasteiger partial charge in [0.25, 0.3) is 5.69 Å². The maximum Gasteiger partial charge on any atom is 0.519 e. The van der Waals surface area contributed by atoms with Gasteiger partial charge in [0.1, 0.15) is 47.1 Å². The van der Waals surface area contributed by atoms with Crippen LogP contribution >= 0.6 is 0 Å². The van der Waals surface area contributed by atoms with Crippen molar-refractivity contribution in [3.05, 3.63) is 82.0 Å². The van der Waals surface area contributed by atoms with Gasteiger partial charge >= 0.3 is 18.3 Å². The van der Waals surface area contributed by atoms with E-state index in [0.29, 0.717) is 43.6 Å². The molecule has 2 aromatic heterocycles. The summed E-state index contributed by atoms with van der Waals surface area (Å²) in [4.78, 5) is 54.7. The van der Waals surface area contributed by atoms with Gasteiger partial charge in [-0.05, 0) is 98.7 Å². The molecular formula is C42H40F3N7O8. The standard InChI is InChI=1S/C42H40F3N7O8/c1-41-12-3-14-50(22-41)37-31-20-46-35(34(45)36(31)47-38(48-37)58-23-42-13-4-15-51(42)21-25(43)19-42)30-18-28(60-40(54)59-27-9-7-26(8-10-27)52(55)56)17-24-6-11-32(44)29(33(24)30)5-2-16-57-39(53)49-41/h6-11,17-18,20,25H,2-5,12-16,19,21-23H2,1H3,(H,49,53)/t25-,41-,42+/m1/s1. The maximum atomic E-state index is 17.5. The van der Waals surface area contributed by atoms with E-state index in [0.717, 1.165) is 31.5 Å². The molecule has 0 radical (unpaired) electrons. The summed E-state index contributed by atoms with van der Waals surface area (Å²) in [5, 5.41) is 15.0. The van der Waals surface area contributed by atoms with Gasteiger partial charge in [-0.2, -0.15) is 9.97 Å². The number of carbonyl (C=O) groups excluding carboxylic acids is 2. The molecule has 5 aliphatic heterocycles. The van der Waals surface area contributed by atoms with Gasteiger partial charge < -0.3 is 29.2 Å². The third-order valence-corrected chi connectivity index (χ3v) is 11.9. The van der Waals surface area contributed by atoms with E-state index in [9.17, 15) is 24.1 Å². The first-order valence-corrected chi connectivity index (χ1v) is 19.8. The highest BCUT2D eigenvalue weighted by Crippen LogP contribution is 2.43. The molecule has 3 aromatic carbocycles. The fraction of sp³-hybridized carbons (Fsp3) is 0.405. The topological polar surface area (TPSA) is 171 Å². The fourth-order valence-corrected chi connectivity index (χ4v) is 9.21. The highest BCUT2D eigenvalue weighted by Gasteiger charge is 2.49. The second kappa shape index (κ2) is 15.4. The lowest BCUT2D eigenvalue weighted by molar-refractivity contribution is -0.384. The average molecular weight is 828 g/mol. The number of pyridine rings is 1. The van der Waals surface area contributed by atoms with Crippen molar-refractivity contribution < 1.29 is 46.6 Å². The number of nitrogens with zero attached hydrogens (tertiary/aromatic N) is 6. The number of aryl methyl sites for hydroxylation is 1. The second-order valence-corrected chi connectivity index (χ2v) is 16.1. The number of aromatic nitrogens is 3. The third kappa shape index (κ3) is 7.43. The molecule has 6 bridgehead atoms. The maximum absolute atomic E-state index is 17.5. The number of anilines is 1. The number of benzene rings is 3. The number of alkyl halides is 1. The Bertz CT molecular complexity index is 2550. The Labute approximate surface area is 340 Å². The Morgan fingerprint density at radius 1 is 1.05 bits per heavy atom. The lowest BCUT2D eigenvalue weighted by Gasteiger charge is -2.41. The SMILES string of the molecule is C[C@@]12CCCN(C1)c1nc(OC[C@@]34CCCN3C[C@H](F)C4)nc3c(F)c(ncc13)-c1cc(OC(=O)Oc3ccc([N+](=O)[O-])cc3)cc3ccc(F)c(c13)CCCOC(=O)N2. The first-order valence-electron chi connectivity index (χ1n) is 19.8. The number of piperidine rings is 1. The van der Waals surface area contributed by atoms with Crippen LogP contribution in [0.25, 0.3) is 32.9 Å². The van der Waals surface area contributed by atoms with E-state index < -0.39 is 46.1 Å². The van der Waals surface area contributed by atoms with Crippen LogP contribution in [0.2, 0.25) is 0 Å². The number of fused-ring (bicyclic) bond motifs is 7. The third-order valence-electron chi connectivity index (χ3n) is 11.9. The molecule has 0 saturated carbocycles. The zero-order chi connectivity index (χ0) is 41.8. The molecule has 1 amide bonds. The number of hydrogen-bond donors (Lipinski definition) is 1.